The summed E-state index contributed by atoms with van der Waals surface area (Å²) in [7, 11) is 0. The van der Waals surface area contributed by atoms with E-state index in [1.807, 2.05) is 0 Å². The summed E-state index contributed by atoms with van der Waals surface area (Å²) in [6, 6.07) is -0.456. The fourth-order valence-corrected chi connectivity index (χ4v) is 1.16. The zero-order chi connectivity index (χ0) is 11.4. The number of carbonyl (C=O) groups is 1. The molecule has 0 aromatic rings. The highest BCUT2D eigenvalue weighted by molar-refractivity contribution is 5.70. The number of aliphatic carboxylic acids is 1. The lowest BCUT2D eigenvalue weighted by atomic mass is 10.0. The summed E-state index contributed by atoms with van der Waals surface area (Å²) in [4.78, 5) is 10.3. The summed E-state index contributed by atoms with van der Waals surface area (Å²) in [5.41, 5.74) is 0. The van der Waals surface area contributed by atoms with Crippen LogP contribution in [0.4, 0.5) is 13.2 Å². The molecule has 0 aliphatic rings. The van der Waals surface area contributed by atoms with Crippen LogP contribution in [0, 0.1) is 5.92 Å². The molecule has 0 heterocycles. The third kappa shape index (κ3) is 4.45. The molecule has 6 heteroatoms. The van der Waals surface area contributed by atoms with Crippen molar-refractivity contribution in [2.24, 2.45) is 5.92 Å². The smallest absolute Gasteiger partial charge is 0.402 e. The molecule has 84 valence electrons. The van der Waals surface area contributed by atoms with Crippen LogP contribution >= 0.6 is 0 Å². The van der Waals surface area contributed by atoms with Crippen molar-refractivity contribution in [1.82, 2.24) is 5.32 Å². The minimum atomic E-state index is -4.67. The van der Waals surface area contributed by atoms with Gasteiger partial charge in [0.15, 0.2) is 5.92 Å². The van der Waals surface area contributed by atoms with E-state index < -0.39 is 30.5 Å². The molecule has 0 aliphatic heterocycles. The molecule has 0 saturated heterocycles. The van der Waals surface area contributed by atoms with Gasteiger partial charge in [-0.05, 0) is 19.9 Å². The highest BCUT2D eigenvalue weighted by Crippen LogP contribution is 2.29. The Morgan fingerprint density at radius 1 is 1.50 bits per heavy atom. The molecule has 0 aromatic carbocycles. The Labute approximate surface area is 80.3 Å². The first kappa shape index (κ1) is 13.2. The molecule has 0 bridgehead atoms. The van der Waals surface area contributed by atoms with Gasteiger partial charge in [0.2, 0.25) is 0 Å². The van der Waals surface area contributed by atoms with E-state index in [9.17, 15) is 18.0 Å². The molecular formula is C8H14F3NO2. The Kier molecular flexibility index (Phi) is 4.90. The second kappa shape index (κ2) is 5.19. The lowest BCUT2D eigenvalue weighted by Crippen LogP contribution is -2.37. The van der Waals surface area contributed by atoms with Crippen LogP contribution in [0.5, 0.6) is 0 Å². The van der Waals surface area contributed by atoms with Crippen molar-refractivity contribution in [1.29, 1.82) is 0 Å². The van der Waals surface area contributed by atoms with Crippen molar-refractivity contribution in [2.75, 3.05) is 6.54 Å². The van der Waals surface area contributed by atoms with Gasteiger partial charge in [-0.2, -0.15) is 13.2 Å². The van der Waals surface area contributed by atoms with Gasteiger partial charge in [0.25, 0.3) is 0 Å². The zero-order valence-electron chi connectivity index (χ0n) is 8.06. The standard InChI is InChI=1S/C8H14F3NO2/c1-3-12-5(2)4-6(7(13)14)8(9,10)11/h5-6,12H,3-4H2,1-2H3,(H,13,14). The summed E-state index contributed by atoms with van der Waals surface area (Å²) >= 11 is 0. The number of hydrogen-bond acceptors (Lipinski definition) is 2. The number of halogens is 3. The Bertz CT molecular complexity index is 194. The Morgan fingerprint density at radius 2 is 2.00 bits per heavy atom. The maximum Gasteiger partial charge on any atom is 0.402 e. The van der Waals surface area contributed by atoms with Crippen molar-refractivity contribution in [3.63, 3.8) is 0 Å². The van der Waals surface area contributed by atoms with Crippen molar-refractivity contribution in [3.8, 4) is 0 Å². The minimum absolute atomic E-state index is 0.438. The molecule has 3 nitrogen and oxygen atoms in total. The SMILES string of the molecule is CCNC(C)CC(C(=O)O)C(F)(F)F. The van der Waals surface area contributed by atoms with Crippen molar-refractivity contribution in [3.05, 3.63) is 0 Å². The van der Waals surface area contributed by atoms with Crippen LogP contribution in [0.2, 0.25) is 0 Å². The van der Waals surface area contributed by atoms with Gasteiger partial charge < -0.3 is 10.4 Å². The third-order valence-electron chi connectivity index (χ3n) is 1.84. The van der Waals surface area contributed by atoms with E-state index in [4.69, 9.17) is 5.11 Å². The molecule has 0 saturated carbocycles. The lowest BCUT2D eigenvalue weighted by molar-refractivity contribution is -0.195. The van der Waals surface area contributed by atoms with E-state index in [-0.39, 0.29) is 0 Å². The molecule has 0 rings (SSSR count). The summed E-state index contributed by atoms with van der Waals surface area (Å²) < 4.78 is 36.5. The zero-order valence-corrected chi connectivity index (χ0v) is 8.06. The van der Waals surface area contributed by atoms with Gasteiger partial charge in [0.05, 0.1) is 0 Å². The topological polar surface area (TPSA) is 49.3 Å². The molecule has 2 unspecified atom stereocenters. The summed E-state index contributed by atoms with van der Waals surface area (Å²) in [5.74, 6) is -4.10. The normalized spacial score (nSPS) is 16.4. The predicted molar refractivity (Wildman–Crippen MR) is 44.9 cm³/mol. The molecule has 2 atom stereocenters. The first-order chi connectivity index (χ1) is 6.29. The predicted octanol–water partition coefficient (Wildman–Crippen LogP) is 1.64. The van der Waals surface area contributed by atoms with Gasteiger partial charge in [-0.3, -0.25) is 4.79 Å². The Hall–Kier alpha value is -0.780. The van der Waals surface area contributed by atoms with E-state index in [0.29, 0.717) is 6.54 Å². The highest BCUT2D eigenvalue weighted by atomic mass is 19.4. The van der Waals surface area contributed by atoms with Gasteiger partial charge in [-0.25, -0.2) is 0 Å². The fourth-order valence-electron chi connectivity index (χ4n) is 1.16. The number of hydrogen-bond donors (Lipinski definition) is 2. The average Bonchev–Trinajstić information content (AvgIpc) is 1.98. The molecular weight excluding hydrogens is 199 g/mol. The van der Waals surface area contributed by atoms with Crippen LogP contribution in [0.25, 0.3) is 0 Å². The molecule has 0 fully saturated rings. The summed E-state index contributed by atoms with van der Waals surface area (Å²) in [5, 5.41) is 11.1. The molecule has 14 heavy (non-hydrogen) atoms. The second-order valence-electron chi connectivity index (χ2n) is 3.13. The third-order valence-corrected chi connectivity index (χ3v) is 1.84. The van der Waals surface area contributed by atoms with E-state index in [1.165, 1.54) is 6.92 Å². The van der Waals surface area contributed by atoms with E-state index in [0.717, 1.165) is 0 Å². The quantitative estimate of drug-likeness (QED) is 0.729. The molecule has 2 N–H and O–H groups in total. The van der Waals surface area contributed by atoms with Gasteiger partial charge >= 0.3 is 12.1 Å². The number of alkyl halides is 3. The number of carboxylic acid groups (broad SMARTS) is 1. The Balaban J connectivity index is 4.32. The van der Waals surface area contributed by atoms with Gasteiger partial charge in [-0.15, -0.1) is 0 Å². The van der Waals surface area contributed by atoms with E-state index >= 15 is 0 Å². The van der Waals surface area contributed by atoms with E-state index in [1.54, 1.807) is 6.92 Å². The molecule has 0 aliphatic carbocycles. The van der Waals surface area contributed by atoms with Gasteiger partial charge in [-0.1, -0.05) is 6.92 Å². The van der Waals surface area contributed by atoms with Crippen LogP contribution in [0.15, 0.2) is 0 Å². The van der Waals surface area contributed by atoms with Crippen LogP contribution in [-0.4, -0.2) is 29.8 Å². The second-order valence-corrected chi connectivity index (χ2v) is 3.13. The average molecular weight is 213 g/mol. The minimum Gasteiger partial charge on any atom is -0.481 e. The van der Waals surface area contributed by atoms with Gasteiger partial charge in [0.1, 0.15) is 0 Å². The summed E-state index contributed by atoms with van der Waals surface area (Å²) in [6.07, 6.45) is -5.11. The molecule has 0 amide bonds. The number of carboxylic acids is 1. The van der Waals surface area contributed by atoms with Crippen LogP contribution in [0.3, 0.4) is 0 Å². The summed E-state index contributed by atoms with van der Waals surface area (Å²) in [6.45, 7) is 3.80. The fraction of sp³-hybridized carbons (Fsp3) is 0.875. The first-order valence-electron chi connectivity index (χ1n) is 4.32. The maximum atomic E-state index is 12.2. The number of rotatable bonds is 5. The monoisotopic (exact) mass is 213 g/mol. The molecule has 0 radical (unpaired) electrons. The van der Waals surface area contributed by atoms with Crippen LogP contribution in [0.1, 0.15) is 20.3 Å². The maximum absolute atomic E-state index is 12.2. The van der Waals surface area contributed by atoms with Crippen molar-refractivity contribution < 1.29 is 23.1 Å². The molecule has 0 aromatic heterocycles. The Morgan fingerprint density at radius 3 is 2.29 bits per heavy atom. The van der Waals surface area contributed by atoms with Crippen molar-refractivity contribution >= 4 is 5.97 Å². The number of nitrogens with one attached hydrogen (secondary N) is 1. The largest absolute Gasteiger partial charge is 0.481 e. The van der Waals surface area contributed by atoms with Crippen LogP contribution in [-0.2, 0) is 4.79 Å². The van der Waals surface area contributed by atoms with Gasteiger partial charge in [0, 0.05) is 6.04 Å². The first-order valence-corrected chi connectivity index (χ1v) is 4.32. The van der Waals surface area contributed by atoms with E-state index in [2.05, 4.69) is 5.32 Å². The highest BCUT2D eigenvalue weighted by Gasteiger charge is 2.45. The van der Waals surface area contributed by atoms with Crippen LogP contribution < -0.4 is 5.32 Å². The lowest BCUT2D eigenvalue weighted by Gasteiger charge is -2.20. The van der Waals surface area contributed by atoms with Crippen molar-refractivity contribution in [2.45, 2.75) is 32.5 Å². The molecule has 0 spiro atoms.